The van der Waals surface area contributed by atoms with Crippen LogP contribution in [0.25, 0.3) is 0 Å². The molecule has 0 saturated carbocycles. The van der Waals surface area contributed by atoms with Crippen molar-refractivity contribution in [3.63, 3.8) is 0 Å². The summed E-state index contributed by atoms with van der Waals surface area (Å²) in [7, 11) is 0. The van der Waals surface area contributed by atoms with E-state index in [9.17, 15) is 4.79 Å². The molecule has 0 unspecified atom stereocenters. The van der Waals surface area contributed by atoms with E-state index in [1.165, 1.54) is 11.3 Å². The molecule has 4 nitrogen and oxygen atoms in total. The SMILES string of the molecule is CC[C@H](C)NC(=O)Nc1sc(C)c(C)c1C#N. The summed E-state index contributed by atoms with van der Waals surface area (Å²) in [6, 6.07) is 2.00. The van der Waals surface area contributed by atoms with Crippen LogP contribution in [0.15, 0.2) is 0 Å². The van der Waals surface area contributed by atoms with E-state index >= 15 is 0 Å². The Morgan fingerprint density at radius 3 is 2.71 bits per heavy atom. The highest BCUT2D eigenvalue weighted by Crippen LogP contribution is 2.31. The van der Waals surface area contributed by atoms with Crippen molar-refractivity contribution in [2.45, 2.75) is 40.2 Å². The zero-order valence-electron chi connectivity index (χ0n) is 10.5. The van der Waals surface area contributed by atoms with Gasteiger partial charge in [-0.1, -0.05) is 6.92 Å². The van der Waals surface area contributed by atoms with Crippen LogP contribution >= 0.6 is 11.3 Å². The van der Waals surface area contributed by atoms with Gasteiger partial charge in [-0.3, -0.25) is 5.32 Å². The predicted molar refractivity (Wildman–Crippen MR) is 70.4 cm³/mol. The molecule has 1 heterocycles. The van der Waals surface area contributed by atoms with Crippen molar-refractivity contribution in [1.29, 1.82) is 5.26 Å². The standard InChI is InChI=1S/C12H17N3OS/c1-5-7(2)14-12(16)15-11-10(6-13)8(3)9(4)17-11/h7H,5H2,1-4H3,(H2,14,15,16)/t7-/m0/s1. The third-order valence-electron chi connectivity index (χ3n) is 2.71. The van der Waals surface area contributed by atoms with E-state index in [1.54, 1.807) is 0 Å². The maximum Gasteiger partial charge on any atom is 0.320 e. The van der Waals surface area contributed by atoms with Gasteiger partial charge in [-0.25, -0.2) is 4.79 Å². The van der Waals surface area contributed by atoms with Crippen LogP contribution in [-0.4, -0.2) is 12.1 Å². The average molecular weight is 251 g/mol. The minimum Gasteiger partial charge on any atom is -0.335 e. The van der Waals surface area contributed by atoms with Gasteiger partial charge in [-0.2, -0.15) is 5.26 Å². The summed E-state index contributed by atoms with van der Waals surface area (Å²) >= 11 is 1.43. The molecular formula is C12H17N3OS. The zero-order chi connectivity index (χ0) is 13.0. The number of carbonyl (C=O) groups excluding carboxylic acids is 1. The molecule has 1 aromatic heterocycles. The second-order valence-electron chi connectivity index (χ2n) is 4.01. The average Bonchev–Trinajstić information content (AvgIpc) is 2.53. The van der Waals surface area contributed by atoms with Gasteiger partial charge >= 0.3 is 6.03 Å². The smallest absolute Gasteiger partial charge is 0.320 e. The summed E-state index contributed by atoms with van der Waals surface area (Å²) in [5, 5.41) is 15.2. The lowest BCUT2D eigenvalue weighted by Crippen LogP contribution is -2.35. The fourth-order valence-electron chi connectivity index (χ4n) is 1.31. The largest absolute Gasteiger partial charge is 0.335 e. The number of aryl methyl sites for hydroxylation is 1. The van der Waals surface area contributed by atoms with Gasteiger partial charge < -0.3 is 5.32 Å². The lowest BCUT2D eigenvalue weighted by molar-refractivity contribution is 0.249. The van der Waals surface area contributed by atoms with Crippen molar-refractivity contribution >= 4 is 22.4 Å². The van der Waals surface area contributed by atoms with Crippen LogP contribution in [0.2, 0.25) is 0 Å². The third kappa shape index (κ3) is 3.21. The van der Waals surface area contributed by atoms with E-state index in [0.29, 0.717) is 10.6 Å². The summed E-state index contributed by atoms with van der Waals surface area (Å²) in [6.07, 6.45) is 0.876. The van der Waals surface area contributed by atoms with Crippen molar-refractivity contribution in [2.75, 3.05) is 5.32 Å². The summed E-state index contributed by atoms with van der Waals surface area (Å²) in [5.41, 5.74) is 1.50. The van der Waals surface area contributed by atoms with Crippen molar-refractivity contribution in [3.8, 4) is 6.07 Å². The molecule has 0 aliphatic carbocycles. The van der Waals surface area contributed by atoms with Crippen LogP contribution in [0.3, 0.4) is 0 Å². The second kappa shape index (κ2) is 5.69. The third-order valence-corrected chi connectivity index (χ3v) is 3.84. The van der Waals surface area contributed by atoms with Crippen LogP contribution in [0.4, 0.5) is 9.80 Å². The Hall–Kier alpha value is -1.54. The van der Waals surface area contributed by atoms with Gasteiger partial charge in [0.2, 0.25) is 0 Å². The van der Waals surface area contributed by atoms with Gasteiger partial charge in [0, 0.05) is 10.9 Å². The van der Waals surface area contributed by atoms with E-state index in [1.807, 2.05) is 27.7 Å². The molecule has 1 atom stereocenters. The molecule has 0 saturated heterocycles. The Kier molecular flexibility index (Phi) is 4.53. The highest BCUT2D eigenvalue weighted by Gasteiger charge is 2.14. The number of carbonyl (C=O) groups is 1. The van der Waals surface area contributed by atoms with Gasteiger partial charge in [-0.05, 0) is 32.8 Å². The fourth-order valence-corrected chi connectivity index (χ4v) is 2.32. The van der Waals surface area contributed by atoms with E-state index in [2.05, 4.69) is 16.7 Å². The Labute approximate surface area is 106 Å². The molecule has 0 aromatic carbocycles. The Morgan fingerprint density at radius 2 is 2.18 bits per heavy atom. The van der Waals surface area contributed by atoms with Gasteiger partial charge in [0.15, 0.2) is 0 Å². The van der Waals surface area contributed by atoms with Crippen molar-refractivity contribution in [1.82, 2.24) is 5.32 Å². The molecule has 17 heavy (non-hydrogen) atoms. The number of amides is 2. The predicted octanol–water partition coefficient (Wildman–Crippen LogP) is 3.16. The molecule has 5 heteroatoms. The quantitative estimate of drug-likeness (QED) is 0.866. The number of urea groups is 1. The Bertz CT molecular complexity index is 459. The molecule has 0 spiro atoms. The molecule has 0 fully saturated rings. The molecule has 92 valence electrons. The lowest BCUT2D eigenvalue weighted by Gasteiger charge is -2.11. The lowest BCUT2D eigenvalue weighted by atomic mass is 10.2. The number of nitriles is 1. The summed E-state index contributed by atoms with van der Waals surface area (Å²) in [4.78, 5) is 12.7. The summed E-state index contributed by atoms with van der Waals surface area (Å²) in [5.74, 6) is 0. The number of nitrogens with one attached hydrogen (secondary N) is 2. The molecule has 2 N–H and O–H groups in total. The van der Waals surface area contributed by atoms with Gasteiger partial charge in [0.1, 0.15) is 11.1 Å². The van der Waals surface area contributed by atoms with E-state index in [4.69, 9.17) is 5.26 Å². The molecule has 0 bridgehead atoms. The molecule has 2 amide bonds. The van der Waals surface area contributed by atoms with Crippen LogP contribution in [0, 0.1) is 25.2 Å². The molecule has 0 aliphatic rings. The molecule has 1 rings (SSSR count). The van der Waals surface area contributed by atoms with Crippen LogP contribution in [0.5, 0.6) is 0 Å². The molecular weight excluding hydrogens is 234 g/mol. The molecule has 1 aromatic rings. The topological polar surface area (TPSA) is 64.9 Å². The van der Waals surface area contributed by atoms with Crippen LogP contribution in [0.1, 0.15) is 36.3 Å². The second-order valence-corrected chi connectivity index (χ2v) is 5.23. The number of hydrogen-bond acceptors (Lipinski definition) is 3. The zero-order valence-corrected chi connectivity index (χ0v) is 11.4. The number of nitrogens with zero attached hydrogens (tertiary/aromatic N) is 1. The molecule has 0 aliphatic heterocycles. The number of rotatable bonds is 3. The van der Waals surface area contributed by atoms with Gasteiger partial charge in [0.25, 0.3) is 0 Å². The van der Waals surface area contributed by atoms with Gasteiger partial charge in [-0.15, -0.1) is 11.3 Å². The highest BCUT2D eigenvalue weighted by atomic mass is 32.1. The first-order valence-electron chi connectivity index (χ1n) is 5.57. The van der Waals surface area contributed by atoms with E-state index < -0.39 is 0 Å². The first-order chi connectivity index (χ1) is 7.99. The maximum absolute atomic E-state index is 11.6. The summed E-state index contributed by atoms with van der Waals surface area (Å²) < 4.78 is 0. The van der Waals surface area contributed by atoms with Crippen LogP contribution in [-0.2, 0) is 0 Å². The summed E-state index contributed by atoms with van der Waals surface area (Å²) in [6.45, 7) is 7.78. The van der Waals surface area contributed by atoms with Crippen LogP contribution < -0.4 is 10.6 Å². The number of hydrogen-bond donors (Lipinski definition) is 2. The minimum atomic E-state index is -0.253. The number of thiophene rings is 1. The monoisotopic (exact) mass is 251 g/mol. The van der Waals surface area contributed by atoms with Gasteiger partial charge in [0.05, 0.1) is 5.56 Å². The Balaban J connectivity index is 2.79. The van der Waals surface area contributed by atoms with E-state index in [-0.39, 0.29) is 12.1 Å². The maximum atomic E-state index is 11.6. The number of anilines is 1. The molecule has 0 radical (unpaired) electrons. The normalized spacial score (nSPS) is 11.7. The van der Waals surface area contributed by atoms with E-state index in [0.717, 1.165) is 16.9 Å². The minimum absolute atomic E-state index is 0.127. The highest BCUT2D eigenvalue weighted by molar-refractivity contribution is 7.16. The van der Waals surface area contributed by atoms with Crippen molar-refractivity contribution in [3.05, 3.63) is 16.0 Å². The Morgan fingerprint density at radius 1 is 1.53 bits per heavy atom. The first kappa shape index (κ1) is 13.5. The van der Waals surface area contributed by atoms with Crippen molar-refractivity contribution < 1.29 is 4.79 Å². The fraction of sp³-hybridized carbons (Fsp3) is 0.500. The van der Waals surface area contributed by atoms with Crippen molar-refractivity contribution in [2.24, 2.45) is 0 Å². The first-order valence-corrected chi connectivity index (χ1v) is 6.38.